The standard InChI is InChI=1S/C22H23F3N4O5/c1-21(2)33-16-14(9-30-10-22(23,24)25)32-20(17(16)34-21)29-12-28-15-18(29)26-11-27-19(15)31-8-13-6-4-3-5-7-13/h3-7,11-12,14,16-17,20H,8-10H2,1-2H3/t14-,16-,17-,20-/m1/s1. The van der Waals surface area contributed by atoms with Crippen LogP contribution in [0.2, 0.25) is 0 Å². The summed E-state index contributed by atoms with van der Waals surface area (Å²) in [6.45, 7) is 2.10. The van der Waals surface area contributed by atoms with Crippen molar-refractivity contribution in [1.29, 1.82) is 0 Å². The van der Waals surface area contributed by atoms with Crippen LogP contribution in [-0.2, 0) is 25.6 Å². The average Bonchev–Trinajstić information content (AvgIpc) is 3.43. The van der Waals surface area contributed by atoms with Gasteiger partial charge in [-0.2, -0.15) is 18.2 Å². The third-order valence-electron chi connectivity index (χ3n) is 5.49. The molecule has 4 heterocycles. The molecule has 34 heavy (non-hydrogen) atoms. The number of halogens is 3. The smallest absolute Gasteiger partial charge is 0.411 e. The summed E-state index contributed by atoms with van der Waals surface area (Å²) in [4.78, 5) is 12.9. The number of fused-ring (bicyclic) bond motifs is 2. The van der Waals surface area contributed by atoms with Crippen LogP contribution in [0.4, 0.5) is 13.2 Å². The molecule has 0 radical (unpaired) electrons. The van der Waals surface area contributed by atoms with Crippen molar-refractivity contribution in [3.05, 3.63) is 48.5 Å². The molecule has 2 aromatic heterocycles. The number of aromatic nitrogens is 4. The first kappa shape index (κ1) is 23.0. The van der Waals surface area contributed by atoms with Crippen LogP contribution in [0.5, 0.6) is 5.88 Å². The maximum Gasteiger partial charge on any atom is 0.411 e. The van der Waals surface area contributed by atoms with Crippen LogP contribution in [0.15, 0.2) is 43.0 Å². The van der Waals surface area contributed by atoms with Gasteiger partial charge in [-0.15, -0.1) is 0 Å². The highest BCUT2D eigenvalue weighted by molar-refractivity contribution is 5.76. The molecule has 9 nitrogen and oxygen atoms in total. The predicted molar refractivity (Wildman–Crippen MR) is 111 cm³/mol. The van der Waals surface area contributed by atoms with Crippen molar-refractivity contribution in [3.8, 4) is 5.88 Å². The Balaban J connectivity index is 1.38. The molecule has 0 aliphatic carbocycles. The molecule has 0 amide bonds. The normalized spacial score (nSPS) is 26.1. The second-order valence-corrected chi connectivity index (χ2v) is 8.54. The van der Waals surface area contributed by atoms with Gasteiger partial charge in [0, 0.05) is 0 Å². The van der Waals surface area contributed by atoms with E-state index >= 15 is 0 Å². The Kier molecular flexibility index (Phi) is 5.92. The zero-order valence-electron chi connectivity index (χ0n) is 18.4. The minimum atomic E-state index is -4.43. The highest BCUT2D eigenvalue weighted by Crippen LogP contribution is 2.44. The van der Waals surface area contributed by atoms with Crippen molar-refractivity contribution in [2.45, 2.75) is 57.0 Å². The van der Waals surface area contributed by atoms with Crippen molar-refractivity contribution in [2.75, 3.05) is 13.2 Å². The van der Waals surface area contributed by atoms with Gasteiger partial charge in [-0.05, 0) is 19.4 Å². The lowest BCUT2D eigenvalue weighted by molar-refractivity contribution is -0.212. The van der Waals surface area contributed by atoms with E-state index in [0.717, 1.165) is 5.56 Å². The highest BCUT2D eigenvalue weighted by atomic mass is 19.4. The Morgan fingerprint density at radius 1 is 1.06 bits per heavy atom. The number of rotatable bonds is 7. The first-order valence-corrected chi connectivity index (χ1v) is 10.7. The minimum absolute atomic E-state index is 0.300. The molecule has 0 unspecified atom stereocenters. The summed E-state index contributed by atoms with van der Waals surface area (Å²) in [5, 5.41) is 0. The van der Waals surface area contributed by atoms with Gasteiger partial charge in [-0.3, -0.25) is 4.57 Å². The summed E-state index contributed by atoms with van der Waals surface area (Å²) in [6, 6.07) is 9.61. The Hall–Kier alpha value is -2.80. The highest BCUT2D eigenvalue weighted by Gasteiger charge is 2.56. The Morgan fingerprint density at radius 3 is 2.59 bits per heavy atom. The maximum absolute atomic E-state index is 12.5. The fourth-order valence-electron chi connectivity index (χ4n) is 4.16. The van der Waals surface area contributed by atoms with E-state index < -0.39 is 43.1 Å². The van der Waals surface area contributed by atoms with E-state index in [1.54, 1.807) is 18.4 Å². The van der Waals surface area contributed by atoms with Gasteiger partial charge in [0.25, 0.3) is 0 Å². The van der Waals surface area contributed by atoms with Crippen LogP contribution < -0.4 is 4.74 Å². The molecule has 3 aromatic rings. The van der Waals surface area contributed by atoms with Crippen LogP contribution in [-0.4, -0.2) is 63.0 Å². The quantitative estimate of drug-likeness (QED) is 0.509. The van der Waals surface area contributed by atoms with Crippen LogP contribution in [0.25, 0.3) is 11.2 Å². The van der Waals surface area contributed by atoms with Gasteiger partial charge in [-0.25, -0.2) is 9.97 Å². The Bertz CT molecular complexity index is 1140. The monoisotopic (exact) mass is 480 g/mol. The molecule has 2 aliphatic heterocycles. The van der Waals surface area contributed by atoms with Crippen molar-refractivity contribution in [3.63, 3.8) is 0 Å². The van der Waals surface area contributed by atoms with Crippen molar-refractivity contribution in [1.82, 2.24) is 19.5 Å². The van der Waals surface area contributed by atoms with Gasteiger partial charge < -0.3 is 23.7 Å². The molecule has 0 spiro atoms. The van der Waals surface area contributed by atoms with E-state index in [4.69, 9.17) is 23.7 Å². The van der Waals surface area contributed by atoms with Gasteiger partial charge in [0.15, 0.2) is 23.2 Å². The number of nitrogens with zero attached hydrogens (tertiary/aromatic N) is 4. The lowest BCUT2D eigenvalue weighted by Gasteiger charge is -2.24. The first-order valence-electron chi connectivity index (χ1n) is 10.7. The number of benzene rings is 1. The molecule has 2 saturated heterocycles. The van der Waals surface area contributed by atoms with Gasteiger partial charge >= 0.3 is 6.18 Å². The predicted octanol–water partition coefficient (Wildman–Crippen LogP) is 3.40. The van der Waals surface area contributed by atoms with Crippen LogP contribution in [0.3, 0.4) is 0 Å². The molecular formula is C22H23F3N4O5. The third kappa shape index (κ3) is 4.71. The molecule has 12 heteroatoms. The van der Waals surface area contributed by atoms with Gasteiger partial charge in [-0.1, -0.05) is 30.3 Å². The molecule has 5 rings (SSSR count). The van der Waals surface area contributed by atoms with Crippen LogP contribution >= 0.6 is 0 Å². The summed E-state index contributed by atoms with van der Waals surface area (Å²) in [5.41, 5.74) is 1.83. The summed E-state index contributed by atoms with van der Waals surface area (Å²) in [7, 11) is 0. The Labute approximate surface area is 192 Å². The molecule has 0 saturated carbocycles. The summed E-state index contributed by atoms with van der Waals surface area (Å²) >= 11 is 0. The van der Waals surface area contributed by atoms with Crippen LogP contribution in [0.1, 0.15) is 25.6 Å². The number of ether oxygens (including phenoxy) is 5. The van der Waals surface area contributed by atoms with Gasteiger partial charge in [0.05, 0.1) is 12.9 Å². The molecule has 1 aromatic carbocycles. The summed E-state index contributed by atoms with van der Waals surface area (Å²) in [6.07, 6.45) is -4.30. The molecule has 2 fully saturated rings. The van der Waals surface area contributed by atoms with Gasteiger partial charge in [0.2, 0.25) is 5.88 Å². The second kappa shape index (κ2) is 8.77. The van der Waals surface area contributed by atoms with E-state index in [-0.39, 0.29) is 6.61 Å². The molecular weight excluding hydrogens is 457 g/mol. The molecule has 2 aliphatic rings. The van der Waals surface area contributed by atoms with E-state index in [9.17, 15) is 13.2 Å². The van der Waals surface area contributed by atoms with Crippen LogP contribution in [0, 0.1) is 0 Å². The third-order valence-corrected chi connectivity index (χ3v) is 5.49. The van der Waals surface area contributed by atoms with E-state index in [1.807, 2.05) is 30.3 Å². The zero-order valence-corrected chi connectivity index (χ0v) is 18.4. The molecule has 0 N–H and O–H groups in total. The largest absolute Gasteiger partial charge is 0.471 e. The fraction of sp³-hybridized carbons (Fsp3) is 0.500. The SMILES string of the molecule is CC1(C)O[C@@H]2[C@H](O1)[C@@H](COCC(F)(F)F)O[C@H]2n1cnc2c(OCc3ccccc3)ncnc21. The number of imidazole rings is 1. The van der Waals surface area contributed by atoms with Gasteiger partial charge in [0.1, 0.15) is 37.9 Å². The van der Waals surface area contributed by atoms with Crippen molar-refractivity contribution < 1.29 is 36.9 Å². The average molecular weight is 480 g/mol. The first-order chi connectivity index (χ1) is 16.2. The zero-order chi connectivity index (χ0) is 23.9. The summed E-state index contributed by atoms with van der Waals surface area (Å²) < 4.78 is 68.0. The summed E-state index contributed by atoms with van der Waals surface area (Å²) in [5.74, 6) is -0.634. The van der Waals surface area contributed by atoms with E-state index in [0.29, 0.717) is 23.7 Å². The van der Waals surface area contributed by atoms with E-state index in [2.05, 4.69) is 15.0 Å². The van der Waals surface area contributed by atoms with Crippen molar-refractivity contribution in [2.24, 2.45) is 0 Å². The maximum atomic E-state index is 12.5. The molecule has 4 atom stereocenters. The second-order valence-electron chi connectivity index (χ2n) is 8.54. The number of hydrogen-bond donors (Lipinski definition) is 0. The lowest BCUT2D eigenvalue weighted by atomic mass is 10.1. The minimum Gasteiger partial charge on any atom is -0.471 e. The topological polar surface area (TPSA) is 89.8 Å². The number of hydrogen-bond acceptors (Lipinski definition) is 8. The number of alkyl halides is 3. The Morgan fingerprint density at radius 2 is 1.82 bits per heavy atom. The lowest BCUT2D eigenvalue weighted by Crippen LogP contribution is -2.34. The van der Waals surface area contributed by atoms with Crippen molar-refractivity contribution >= 4 is 11.2 Å². The molecule has 182 valence electrons. The molecule has 0 bridgehead atoms. The van der Waals surface area contributed by atoms with E-state index in [1.165, 1.54) is 12.7 Å². The fourth-order valence-corrected chi connectivity index (χ4v) is 4.16.